The van der Waals surface area contributed by atoms with E-state index in [1.54, 1.807) is 0 Å². The molecule has 12 heteroatoms. The minimum Gasteiger partial charge on any atom is -0.457 e. The maximum absolute atomic E-state index is 14.0. The molecule has 0 bridgehead atoms. The van der Waals surface area contributed by atoms with Crippen molar-refractivity contribution in [3.8, 4) is 0 Å². The quantitative estimate of drug-likeness (QED) is 0.0533. The molecule has 0 aliphatic rings. The summed E-state index contributed by atoms with van der Waals surface area (Å²) in [4.78, 5) is 67.5. The van der Waals surface area contributed by atoms with Gasteiger partial charge in [-0.2, -0.15) is 0 Å². The Balaban J connectivity index is 1.23. The maximum atomic E-state index is 14.0. The molecule has 304 valence electrons. The van der Waals surface area contributed by atoms with Gasteiger partial charge in [-0.15, -0.1) is 0 Å². The van der Waals surface area contributed by atoms with Crippen LogP contribution in [-0.4, -0.2) is 42.1 Å². The SMILES string of the molecule is O=C(N[C@@H](Cc1ccccc1)C(=O)Nc1cc(NC(=O)[C@H](Cc2ccccc2)NC(=O)OCc2ccccc2)cc(C(=O)OCc2ccccc2)c1)OCc1ccccc1. The summed E-state index contributed by atoms with van der Waals surface area (Å²) >= 11 is 0. The number of carbonyl (C=O) groups is 5. The molecule has 0 heterocycles. The van der Waals surface area contributed by atoms with Crippen LogP contribution in [0.1, 0.15) is 38.2 Å². The number of carbonyl (C=O) groups excluding carboxylic acids is 5. The summed E-state index contributed by atoms with van der Waals surface area (Å²) in [6.45, 7) is -0.0406. The molecule has 0 aromatic heterocycles. The lowest BCUT2D eigenvalue weighted by Gasteiger charge is -2.21. The molecule has 0 saturated carbocycles. The Bertz CT molecular complexity index is 2200. The van der Waals surface area contributed by atoms with Gasteiger partial charge < -0.3 is 35.5 Å². The molecular weight excluding hydrogens is 761 g/mol. The Labute approximate surface area is 347 Å². The van der Waals surface area contributed by atoms with Crippen LogP contribution in [0.15, 0.2) is 170 Å². The van der Waals surface area contributed by atoms with Crippen molar-refractivity contribution in [2.75, 3.05) is 10.6 Å². The van der Waals surface area contributed by atoms with Crippen LogP contribution in [0.25, 0.3) is 0 Å². The van der Waals surface area contributed by atoms with Crippen LogP contribution in [0.3, 0.4) is 0 Å². The molecule has 4 amide bonds. The van der Waals surface area contributed by atoms with Gasteiger partial charge in [-0.1, -0.05) is 152 Å². The number of anilines is 2. The number of alkyl carbamates (subject to hydrolysis) is 2. The predicted octanol–water partition coefficient (Wildman–Crippen LogP) is 8.00. The van der Waals surface area contributed by atoms with E-state index >= 15 is 0 Å². The molecule has 0 fully saturated rings. The predicted molar refractivity (Wildman–Crippen MR) is 227 cm³/mol. The number of benzene rings is 6. The zero-order valence-corrected chi connectivity index (χ0v) is 32.6. The van der Waals surface area contributed by atoms with Crippen molar-refractivity contribution in [3.05, 3.63) is 203 Å². The molecule has 0 spiro atoms. The van der Waals surface area contributed by atoms with Crippen LogP contribution in [0.2, 0.25) is 0 Å². The van der Waals surface area contributed by atoms with Crippen molar-refractivity contribution >= 4 is 41.3 Å². The number of rotatable bonds is 17. The van der Waals surface area contributed by atoms with E-state index in [1.165, 1.54) is 18.2 Å². The fraction of sp³-hybridized carbons (Fsp3) is 0.146. The lowest BCUT2D eigenvalue weighted by molar-refractivity contribution is -0.118. The fourth-order valence-electron chi connectivity index (χ4n) is 6.09. The zero-order valence-electron chi connectivity index (χ0n) is 32.6. The van der Waals surface area contributed by atoms with Gasteiger partial charge in [0.2, 0.25) is 11.8 Å². The van der Waals surface area contributed by atoms with E-state index in [1.807, 2.05) is 152 Å². The smallest absolute Gasteiger partial charge is 0.408 e. The van der Waals surface area contributed by atoms with Crippen LogP contribution in [0, 0.1) is 0 Å². The van der Waals surface area contributed by atoms with Gasteiger partial charge in [-0.05, 0) is 46.0 Å². The second-order valence-electron chi connectivity index (χ2n) is 13.7. The van der Waals surface area contributed by atoms with Crippen molar-refractivity contribution in [1.29, 1.82) is 0 Å². The first-order valence-corrected chi connectivity index (χ1v) is 19.3. The third-order valence-electron chi connectivity index (χ3n) is 9.12. The van der Waals surface area contributed by atoms with Crippen molar-refractivity contribution < 1.29 is 38.2 Å². The molecule has 12 nitrogen and oxygen atoms in total. The highest BCUT2D eigenvalue weighted by atomic mass is 16.6. The van der Waals surface area contributed by atoms with Gasteiger partial charge >= 0.3 is 18.2 Å². The zero-order chi connectivity index (χ0) is 41.9. The summed E-state index contributed by atoms with van der Waals surface area (Å²) in [6.07, 6.45) is -1.38. The third kappa shape index (κ3) is 13.4. The lowest BCUT2D eigenvalue weighted by atomic mass is 10.0. The Morgan fingerprint density at radius 2 is 0.717 bits per heavy atom. The monoisotopic (exact) mass is 804 g/mol. The maximum Gasteiger partial charge on any atom is 0.408 e. The summed E-state index contributed by atoms with van der Waals surface area (Å²) in [6, 6.07) is 47.7. The summed E-state index contributed by atoms with van der Waals surface area (Å²) in [5.74, 6) is -1.96. The number of hydrogen-bond donors (Lipinski definition) is 4. The van der Waals surface area contributed by atoms with Crippen LogP contribution < -0.4 is 21.3 Å². The van der Waals surface area contributed by atoms with Gasteiger partial charge in [-0.25, -0.2) is 14.4 Å². The van der Waals surface area contributed by atoms with Crippen LogP contribution >= 0.6 is 0 Å². The standard InChI is InChI=1S/C48H44N4O8/c53-44(42(26-34-16-6-1-7-17-34)51-47(56)59-32-37-22-12-4-13-23-37)49-40-28-39(46(55)58-31-36-20-10-3-11-21-36)29-41(30-40)50-45(54)43(27-35-18-8-2-9-19-35)52-48(57)60-33-38-24-14-5-15-25-38/h1-25,28-30,42-43H,26-27,31-33H2,(H,49,53)(H,50,54)(H,51,56)(H,52,57)/t42-,43-/m0/s1. The van der Waals surface area contributed by atoms with Gasteiger partial charge in [0.05, 0.1) is 5.56 Å². The first-order valence-electron chi connectivity index (χ1n) is 19.3. The van der Waals surface area contributed by atoms with Crippen molar-refractivity contribution in [1.82, 2.24) is 10.6 Å². The van der Waals surface area contributed by atoms with E-state index in [0.29, 0.717) is 0 Å². The molecule has 2 atom stereocenters. The first-order chi connectivity index (χ1) is 29.3. The van der Waals surface area contributed by atoms with E-state index in [0.717, 1.165) is 27.8 Å². The minimum absolute atomic E-state index is 0.00653. The van der Waals surface area contributed by atoms with Crippen molar-refractivity contribution in [2.45, 2.75) is 44.7 Å². The van der Waals surface area contributed by atoms with Gasteiger partial charge in [0, 0.05) is 24.2 Å². The van der Waals surface area contributed by atoms with Crippen LogP contribution in [-0.2, 0) is 56.5 Å². The highest BCUT2D eigenvalue weighted by Crippen LogP contribution is 2.22. The number of nitrogens with one attached hydrogen (secondary N) is 4. The number of hydrogen-bond acceptors (Lipinski definition) is 8. The largest absolute Gasteiger partial charge is 0.457 e. The third-order valence-corrected chi connectivity index (χ3v) is 9.12. The molecule has 0 unspecified atom stereocenters. The summed E-state index contributed by atoms with van der Waals surface area (Å²) in [5.41, 5.74) is 4.10. The molecule has 60 heavy (non-hydrogen) atoms. The number of ether oxygens (including phenoxy) is 3. The molecular formula is C48H44N4O8. The Kier molecular flexibility index (Phi) is 15.2. The lowest BCUT2D eigenvalue weighted by Crippen LogP contribution is -2.45. The van der Waals surface area contributed by atoms with Gasteiger partial charge in [0.25, 0.3) is 0 Å². The Morgan fingerprint density at radius 3 is 1.07 bits per heavy atom. The average Bonchev–Trinajstić information content (AvgIpc) is 3.28. The van der Waals surface area contributed by atoms with E-state index in [4.69, 9.17) is 14.2 Å². The fourth-order valence-corrected chi connectivity index (χ4v) is 6.09. The first kappa shape index (κ1) is 41.9. The van der Waals surface area contributed by atoms with Crippen molar-refractivity contribution in [2.24, 2.45) is 0 Å². The highest BCUT2D eigenvalue weighted by molar-refractivity contribution is 6.02. The van der Waals surface area contributed by atoms with E-state index < -0.39 is 42.1 Å². The molecule has 0 radical (unpaired) electrons. The molecule has 0 aliphatic carbocycles. The second kappa shape index (κ2) is 21.7. The highest BCUT2D eigenvalue weighted by Gasteiger charge is 2.26. The second-order valence-corrected chi connectivity index (χ2v) is 13.7. The van der Waals surface area contributed by atoms with Gasteiger partial charge in [0.15, 0.2) is 0 Å². The molecule has 4 N–H and O–H groups in total. The summed E-state index contributed by atoms with van der Waals surface area (Å²) in [5, 5.41) is 10.9. The number of esters is 1. The molecule has 0 aliphatic heterocycles. The normalized spacial score (nSPS) is 11.5. The van der Waals surface area contributed by atoms with E-state index in [9.17, 15) is 24.0 Å². The topological polar surface area (TPSA) is 161 Å². The Morgan fingerprint density at radius 1 is 0.400 bits per heavy atom. The van der Waals surface area contributed by atoms with Gasteiger partial charge in [0.1, 0.15) is 31.9 Å². The summed E-state index contributed by atoms with van der Waals surface area (Å²) < 4.78 is 16.5. The molecule has 6 aromatic carbocycles. The number of amides is 4. The van der Waals surface area contributed by atoms with E-state index in [-0.39, 0.29) is 49.6 Å². The minimum atomic E-state index is -1.11. The van der Waals surface area contributed by atoms with Gasteiger partial charge in [-0.3, -0.25) is 9.59 Å². The molecule has 6 rings (SSSR count). The summed E-state index contributed by atoms with van der Waals surface area (Å²) in [7, 11) is 0. The average molecular weight is 805 g/mol. The Hall–Kier alpha value is -7.73. The van der Waals surface area contributed by atoms with Crippen molar-refractivity contribution in [3.63, 3.8) is 0 Å². The van der Waals surface area contributed by atoms with Crippen LogP contribution in [0.5, 0.6) is 0 Å². The molecule has 6 aromatic rings. The molecule has 0 saturated heterocycles. The van der Waals surface area contributed by atoms with E-state index in [2.05, 4.69) is 21.3 Å². The van der Waals surface area contributed by atoms with Crippen LogP contribution in [0.4, 0.5) is 21.0 Å².